The lowest BCUT2D eigenvalue weighted by Crippen LogP contribution is -2.46. The summed E-state index contributed by atoms with van der Waals surface area (Å²) in [5.74, 6) is 1.97. The van der Waals surface area contributed by atoms with E-state index in [0.717, 1.165) is 49.4 Å². The van der Waals surface area contributed by atoms with Gasteiger partial charge in [-0.1, -0.05) is 0 Å². The van der Waals surface area contributed by atoms with E-state index in [2.05, 4.69) is 17.0 Å². The number of carbonyl (C=O) groups is 1. The van der Waals surface area contributed by atoms with Crippen LogP contribution in [-0.4, -0.2) is 43.2 Å². The van der Waals surface area contributed by atoms with E-state index in [9.17, 15) is 4.79 Å². The van der Waals surface area contributed by atoms with Gasteiger partial charge in [-0.05, 0) is 55.1 Å². The largest absolute Gasteiger partial charge is 0.493 e. The van der Waals surface area contributed by atoms with Crippen LogP contribution in [0.25, 0.3) is 0 Å². The Labute approximate surface area is 134 Å². The maximum Gasteiger partial charge on any atom is 0.231 e. The minimum atomic E-state index is -0.221. The minimum Gasteiger partial charge on any atom is -0.493 e. The van der Waals surface area contributed by atoms with Crippen molar-refractivity contribution in [1.82, 2.24) is 4.90 Å². The van der Waals surface area contributed by atoms with E-state index in [4.69, 9.17) is 14.2 Å². The molecule has 120 valence electrons. The summed E-state index contributed by atoms with van der Waals surface area (Å²) in [6, 6.07) is 4.09. The summed E-state index contributed by atoms with van der Waals surface area (Å²) in [5, 5.41) is 0. The number of fused-ring (bicyclic) bond motifs is 3. The molecule has 2 atom stereocenters. The van der Waals surface area contributed by atoms with Crippen molar-refractivity contribution in [2.75, 3.05) is 27.0 Å². The van der Waals surface area contributed by atoms with Gasteiger partial charge in [0.05, 0.1) is 18.6 Å². The van der Waals surface area contributed by atoms with Gasteiger partial charge < -0.3 is 14.2 Å². The quantitative estimate of drug-likeness (QED) is 0.794. The normalized spacial score (nSPS) is 31.3. The van der Waals surface area contributed by atoms with Crippen molar-refractivity contribution < 1.29 is 19.0 Å². The van der Waals surface area contributed by atoms with Gasteiger partial charge in [-0.3, -0.25) is 9.69 Å². The Balaban J connectivity index is 1.72. The van der Waals surface area contributed by atoms with E-state index < -0.39 is 0 Å². The molecule has 0 saturated carbocycles. The van der Waals surface area contributed by atoms with Crippen molar-refractivity contribution in [2.45, 2.75) is 30.7 Å². The second kappa shape index (κ2) is 4.51. The van der Waals surface area contributed by atoms with Crippen LogP contribution in [-0.2, 0) is 16.0 Å². The molecule has 23 heavy (non-hydrogen) atoms. The summed E-state index contributed by atoms with van der Waals surface area (Å²) in [6.45, 7) is 2.26. The first-order chi connectivity index (χ1) is 11.2. The fourth-order valence-electron chi connectivity index (χ4n) is 4.79. The monoisotopic (exact) mass is 313 g/mol. The highest BCUT2D eigenvalue weighted by atomic mass is 16.7. The Hall–Kier alpha value is -2.01. The maximum atomic E-state index is 13.0. The summed E-state index contributed by atoms with van der Waals surface area (Å²) in [5.41, 5.74) is 2.07. The molecule has 0 aromatic heterocycles. The van der Waals surface area contributed by atoms with Crippen molar-refractivity contribution in [2.24, 2.45) is 0 Å². The van der Waals surface area contributed by atoms with Crippen LogP contribution >= 0.6 is 0 Å². The van der Waals surface area contributed by atoms with Gasteiger partial charge in [-0.25, -0.2) is 0 Å². The second-order valence-corrected chi connectivity index (χ2v) is 6.75. The molecule has 5 rings (SSSR count). The number of allylic oxidation sites excluding steroid dienone is 1. The Kier molecular flexibility index (Phi) is 2.63. The van der Waals surface area contributed by atoms with Crippen molar-refractivity contribution in [3.05, 3.63) is 35.1 Å². The predicted octanol–water partition coefficient (Wildman–Crippen LogP) is 2.00. The molecule has 5 nitrogen and oxygen atoms in total. The number of nitrogens with zero attached hydrogens (tertiary/aromatic N) is 1. The van der Waals surface area contributed by atoms with Crippen LogP contribution in [0.1, 0.15) is 29.9 Å². The third kappa shape index (κ3) is 1.63. The van der Waals surface area contributed by atoms with Gasteiger partial charge in [0.2, 0.25) is 12.6 Å². The number of ether oxygens (including phenoxy) is 3. The number of Topliss-reactive ketones (excluding diaryl/α,β-unsaturated/α-hetero) is 1. The predicted molar refractivity (Wildman–Crippen MR) is 82.6 cm³/mol. The zero-order valence-corrected chi connectivity index (χ0v) is 13.1. The molecule has 0 bridgehead atoms. The van der Waals surface area contributed by atoms with Crippen molar-refractivity contribution in [3.63, 3.8) is 0 Å². The molecule has 0 N–H and O–H groups in total. The van der Waals surface area contributed by atoms with Crippen molar-refractivity contribution in [3.8, 4) is 11.5 Å². The average molecular weight is 313 g/mol. The Morgan fingerprint density at radius 1 is 1.26 bits per heavy atom. The van der Waals surface area contributed by atoms with E-state index in [0.29, 0.717) is 5.76 Å². The molecule has 0 radical (unpaired) electrons. The molecular weight excluding hydrogens is 294 g/mol. The van der Waals surface area contributed by atoms with Gasteiger partial charge in [0.1, 0.15) is 0 Å². The minimum absolute atomic E-state index is 0.0985. The molecule has 3 aliphatic heterocycles. The molecule has 1 aliphatic carbocycles. The van der Waals surface area contributed by atoms with E-state index in [-0.39, 0.29) is 24.0 Å². The Bertz CT molecular complexity index is 741. The summed E-state index contributed by atoms with van der Waals surface area (Å²) < 4.78 is 16.5. The molecule has 1 aromatic rings. The standard InChI is InChI=1S/C18H19NO4/c1-21-15-9-18-4-2-5-19(18)6-3-11-7-13-14(23-10-22-13)8-12(11)16(18)17(15)20/h7-9,16H,2-6,10H2,1H3/t16-,18-/m0/s1. The van der Waals surface area contributed by atoms with E-state index in [1.165, 1.54) is 5.56 Å². The van der Waals surface area contributed by atoms with Gasteiger partial charge >= 0.3 is 0 Å². The van der Waals surface area contributed by atoms with E-state index >= 15 is 0 Å². The lowest BCUT2D eigenvalue weighted by molar-refractivity contribution is -0.120. The van der Waals surface area contributed by atoms with E-state index in [1.54, 1.807) is 7.11 Å². The number of methoxy groups -OCH3 is 1. The van der Waals surface area contributed by atoms with E-state index in [1.807, 2.05) is 6.07 Å². The zero-order valence-electron chi connectivity index (χ0n) is 13.1. The maximum absolute atomic E-state index is 13.0. The lowest BCUT2D eigenvalue weighted by atomic mass is 9.78. The van der Waals surface area contributed by atoms with Gasteiger partial charge in [0, 0.05) is 6.54 Å². The van der Waals surface area contributed by atoms with Crippen LogP contribution < -0.4 is 9.47 Å². The summed E-state index contributed by atoms with van der Waals surface area (Å²) in [4.78, 5) is 15.5. The highest BCUT2D eigenvalue weighted by molar-refractivity contribution is 6.03. The molecular formula is C18H19NO4. The molecule has 1 aromatic carbocycles. The Morgan fingerprint density at radius 2 is 2.09 bits per heavy atom. The fraction of sp³-hybridized carbons (Fsp3) is 0.500. The molecule has 3 heterocycles. The molecule has 1 saturated heterocycles. The van der Waals surface area contributed by atoms with Crippen LogP contribution in [0.4, 0.5) is 0 Å². The topological polar surface area (TPSA) is 48.0 Å². The smallest absolute Gasteiger partial charge is 0.231 e. The number of benzene rings is 1. The number of hydrogen-bond acceptors (Lipinski definition) is 5. The summed E-state index contributed by atoms with van der Waals surface area (Å²) in [6.07, 6.45) is 5.14. The first-order valence-electron chi connectivity index (χ1n) is 8.21. The molecule has 0 unspecified atom stereocenters. The number of ketones is 1. The summed E-state index contributed by atoms with van der Waals surface area (Å²) >= 11 is 0. The van der Waals surface area contributed by atoms with Crippen LogP contribution in [0.15, 0.2) is 24.0 Å². The molecule has 1 fully saturated rings. The van der Waals surface area contributed by atoms with Gasteiger partial charge in [-0.15, -0.1) is 0 Å². The van der Waals surface area contributed by atoms with Crippen LogP contribution in [0.3, 0.4) is 0 Å². The van der Waals surface area contributed by atoms with Gasteiger partial charge in [0.15, 0.2) is 17.3 Å². The molecule has 4 aliphatic rings. The van der Waals surface area contributed by atoms with Gasteiger partial charge in [-0.2, -0.15) is 0 Å². The number of hydrogen-bond donors (Lipinski definition) is 0. The van der Waals surface area contributed by atoms with Crippen LogP contribution in [0.2, 0.25) is 0 Å². The molecule has 1 spiro atoms. The first-order valence-corrected chi connectivity index (χ1v) is 8.21. The third-order valence-electron chi connectivity index (χ3n) is 5.80. The second-order valence-electron chi connectivity index (χ2n) is 6.75. The highest BCUT2D eigenvalue weighted by Gasteiger charge is 2.56. The molecule has 0 amide bonds. The average Bonchev–Trinajstić information content (AvgIpc) is 3.21. The number of rotatable bonds is 1. The third-order valence-corrected chi connectivity index (χ3v) is 5.80. The van der Waals surface area contributed by atoms with Crippen molar-refractivity contribution in [1.29, 1.82) is 0 Å². The Morgan fingerprint density at radius 3 is 2.91 bits per heavy atom. The highest BCUT2D eigenvalue weighted by Crippen LogP contribution is 2.53. The van der Waals surface area contributed by atoms with Crippen molar-refractivity contribution >= 4 is 5.78 Å². The zero-order chi connectivity index (χ0) is 15.6. The molecule has 5 heteroatoms. The number of carbonyl (C=O) groups excluding carboxylic acids is 1. The van der Waals surface area contributed by atoms with Crippen LogP contribution in [0, 0.1) is 0 Å². The lowest BCUT2D eigenvalue weighted by Gasteiger charge is -2.36. The fourth-order valence-corrected chi connectivity index (χ4v) is 4.79. The first kappa shape index (κ1) is 13.4. The SMILES string of the molecule is COC1=C[C@]23CCCN2CCc2cc4c(cc2[C@H]3C1=O)OCO4. The van der Waals surface area contributed by atoms with Gasteiger partial charge in [0.25, 0.3) is 0 Å². The van der Waals surface area contributed by atoms with Crippen LogP contribution in [0.5, 0.6) is 11.5 Å². The summed E-state index contributed by atoms with van der Waals surface area (Å²) in [7, 11) is 1.59.